The van der Waals surface area contributed by atoms with Gasteiger partial charge in [0.05, 0.1) is 16.7 Å². The van der Waals surface area contributed by atoms with Crippen molar-refractivity contribution in [1.29, 1.82) is 0 Å². The summed E-state index contributed by atoms with van der Waals surface area (Å²) in [5.41, 5.74) is 1.30. The number of aromatic nitrogens is 1. The number of benzene rings is 1. The summed E-state index contributed by atoms with van der Waals surface area (Å²) in [5.74, 6) is -0.0724. The molecule has 1 fully saturated rings. The Balaban J connectivity index is 1.70. The van der Waals surface area contributed by atoms with Gasteiger partial charge < -0.3 is 5.32 Å². The molecule has 2 aromatic rings. The number of rotatable bonds is 5. The van der Waals surface area contributed by atoms with Crippen LogP contribution in [0.15, 0.2) is 29.6 Å². The highest BCUT2D eigenvalue weighted by molar-refractivity contribution is 7.14. The maximum Gasteiger partial charge on any atom is 0.270 e. The highest BCUT2D eigenvalue weighted by Crippen LogP contribution is 2.27. The Labute approximate surface area is 143 Å². The van der Waals surface area contributed by atoms with E-state index in [-0.39, 0.29) is 17.6 Å². The van der Waals surface area contributed by atoms with E-state index < -0.39 is 4.92 Å². The zero-order chi connectivity index (χ0) is 17.1. The number of hydrogen-bond donors (Lipinski definition) is 1. The molecule has 0 aliphatic carbocycles. The predicted octanol–water partition coefficient (Wildman–Crippen LogP) is 3.14. The lowest BCUT2D eigenvalue weighted by atomic mass is 10.1. The molecule has 7 nitrogen and oxygen atoms in total. The Bertz CT molecular complexity index is 755. The second kappa shape index (κ2) is 7.06. The maximum absolute atomic E-state index is 12.3. The van der Waals surface area contributed by atoms with E-state index in [1.807, 2.05) is 6.92 Å². The van der Waals surface area contributed by atoms with Crippen molar-refractivity contribution in [2.24, 2.45) is 0 Å². The first-order valence-electron chi connectivity index (χ1n) is 7.80. The fourth-order valence-electron chi connectivity index (χ4n) is 2.75. The van der Waals surface area contributed by atoms with Crippen molar-refractivity contribution in [2.75, 3.05) is 18.4 Å². The smallest absolute Gasteiger partial charge is 0.270 e. The normalized spacial score (nSPS) is 16.0. The Morgan fingerprint density at radius 2 is 2.17 bits per heavy atom. The lowest BCUT2D eigenvalue weighted by Crippen LogP contribution is -2.40. The van der Waals surface area contributed by atoms with Crippen LogP contribution in [0.1, 0.15) is 19.8 Å². The van der Waals surface area contributed by atoms with Crippen molar-refractivity contribution >= 4 is 28.1 Å². The van der Waals surface area contributed by atoms with E-state index in [9.17, 15) is 14.9 Å². The van der Waals surface area contributed by atoms with Crippen molar-refractivity contribution in [2.45, 2.75) is 25.8 Å². The van der Waals surface area contributed by atoms with E-state index in [4.69, 9.17) is 0 Å². The van der Waals surface area contributed by atoms with Crippen molar-refractivity contribution < 1.29 is 9.72 Å². The fourth-order valence-corrected chi connectivity index (χ4v) is 3.47. The molecule has 1 aliphatic rings. The number of nitrogens with zero attached hydrogens (tertiary/aromatic N) is 3. The lowest BCUT2D eigenvalue weighted by Gasteiger charge is -2.21. The van der Waals surface area contributed by atoms with Crippen LogP contribution in [0.3, 0.4) is 0 Å². The molecule has 1 N–H and O–H groups in total. The van der Waals surface area contributed by atoms with Gasteiger partial charge in [0, 0.05) is 23.1 Å². The average Bonchev–Trinajstić information content (AvgIpc) is 3.26. The van der Waals surface area contributed by atoms with Gasteiger partial charge in [-0.25, -0.2) is 4.98 Å². The molecule has 0 bridgehead atoms. The number of thiazole rings is 1. The van der Waals surface area contributed by atoms with Crippen LogP contribution in [0.25, 0.3) is 11.3 Å². The second-order valence-electron chi connectivity index (χ2n) is 5.75. The molecule has 0 spiro atoms. The first-order chi connectivity index (χ1) is 11.5. The van der Waals surface area contributed by atoms with Gasteiger partial charge in [-0.1, -0.05) is 12.1 Å². The van der Waals surface area contributed by atoms with E-state index in [0.29, 0.717) is 16.4 Å². The molecule has 0 saturated carbocycles. The van der Waals surface area contributed by atoms with E-state index in [0.717, 1.165) is 25.9 Å². The van der Waals surface area contributed by atoms with E-state index in [1.54, 1.807) is 17.5 Å². The number of carbonyl (C=O) groups is 1. The number of non-ortho nitro benzene ring substituents is 1. The quantitative estimate of drug-likeness (QED) is 0.664. The van der Waals surface area contributed by atoms with Crippen LogP contribution in [0, 0.1) is 10.1 Å². The monoisotopic (exact) mass is 346 g/mol. The van der Waals surface area contributed by atoms with Gasteiger partial charge in [-0.3, -0.25) is 19.8 Å². The number of likely N-dealkylation sites (tertiary alicyclic amines) is 1. The fraction of sp³-hybridized carbons (Fsp3) is 0.375. The third-order valence-corrected chi connectivity index (χ3v) is 4.91. The highest BCUT2D eigenvalue weighted by atomic mass is 32.1. The van der Waals surface area contributed by atoms with Crippen LogP contribution in [0.2, 0.25) is 0 Å². The molecule has 1 amide bonds. The van der Waals surface area contributed by atoms with Crippen LogP contribution in [-0.4, -0.2) is 39.8 Å². The van der Waals surface area contributed by atoms with E-state index in [2.05, 4.69) is 15.2 Å². The van der Waals surface area contributed by atoms with Crippen LogP contribution in [0.4, 0.5) is 10.8 Å². The van der Waals surface area contributed by atoms with Crippen molar-refractivity contribution in [3.63, 3.8) is 0 Å². The zero-order valence-corrected chi connectivity index (χ0v) is 14.1. The largest absolute Gasteiger partial charge is 0.301 e. The summed E-state index contributed by atoms with van der Waals surface area (Å²) in [7, 11) is 0. The van der Waals surface area contributed by atoms with Gasteiger partial charge >= 0.3 is 0 Å². The van der Waals surface area contributed by atoms with Crippen LogP contribution in [0.5, 0.6) is 0 Å². The van der Waals surface area contributed by atoms with Gasteiger partial charge in [-0.2, -0.15) is 0 Å². The molecule has 0 radical (unpaired) electrons. The van der Waals surface area contributed by atoms with Gasteiger partial charge in [0.15, 0.2) is 5.13 Å². The number of hydrogen-bond acceptors (Lipinski definition) is 6. The van der Waals surface area contributed by atoms with Crippen molar-refractivity contribution in [3.05, 3.63) is 39.8 Å². The molecule has 3 rings (SSSR count). The first-order valence-corrected chi connectivity index (χ1v) is 8.68. The van der Waals surface area contributed by atoms with Crippen molar-refractivity contribution in [3.8, 4) is 11.3 Å². The SMILES string of the molecule is CC(C(=O)Nc1nc(-c2cccc([N+](=O)[O-])c2)cs1)N1CCCC1. The van der Waals surface area contributed by atoms with Gasteiger partial charge in [0.25, 0.3) is 5.69 Å². The number of nitrogens with one attached hydrogen (secondary N) is 1. The summed E-state index contributed by atoms with van der Waals surface area (Å²) < 4.78 is 0. The molecule has 1 aromatic carbocycles. The van der Waals surface area contributed by atoms with Gasteiger partial charge in [-0.05, 0) is 32.9 Å². The van der Waals surface area contributed by atoms with Gasteiger partial charge in [-0.15, -0.1) is 11.3 Å². The molecule has 1 atom stereocenters. The third kappa shape index (κ3) is 3.60. The number of carbonyl (C=O) groups excluding carboxylic acids is 1. The molecule has 8 heteroatoms. The molecular weight excluding hydrogens is 328 g/mol. The lowest BCUT2D eigenvalue weighted by molar-refractivity contribution is -0.384. The van der Waals surface area contributed by atoms with E-state index in [1.165, 1.54) is 23.5 Å². The molecule has 1 aliphatic heterocycles. The minimum Gasteiger partial charge on any atom is -0.301 e. The summed E-state index contributed by atoms with van der Waals surface area (Å²) in [6, 6.07) is 6.13. The van der Waals surface area contributed by atoms with Gasteiger partial charge in [0.2, 0.25) is 5.91 Å². The summed E-state index contributed by atoms with van der Waals surface area (Å²) in [4.78, 5) is 29.3. The van der Waals surface area contributed by atoms with E-state index >= 15 is 0 Å². The Kier molecular flexibility index (Phi) is 4.86. The predicted molar refractivity (Wildman–Crippen MR) is 93.1 cm³/mol. The maximum atomic E-state index is 12.3. The Morgan fingerprint density at radius 3 is 2.88 bits per heavy atom. The minimum absolute atomic E-state index is 0.0220. The second-order valence-corrected chi connectivity index (χ2v) is 6.61. The summed E-state index contributed by atoms with van der Waals surface area (Å²) >= 11 is 1.32. The van der Waals surface area contributed by atoms with Crippen LogP contribution >= 0.6 is 11.3 Å². The number of amides is 1. The van der Waals surface area contributed by atoms with Crippen LogP contribution < -0.4 is 5.32 Å². The molecule has 24 heavy (non-hydrogen) atoms. The Morgan fingerprint density at radius 1 is 1.42 bits per heavy atom. The average molecular weight is 346 g/mol. The summed E-state index contributed by atoms with van der Waals surface area (Å²) in [5, 5.41) is 16.0. The van der Waals surface area contributed by atoms with Crippen LogP contribution in [-0.2, 0) is 4.79 Å². The minimum atomic E-state index is -0.434. The molecular formula is C16H18N4O3S. The number of nitro benzene ring substituents is 1. The third-order valence-electron chi connectivity index (χ3n) is 4.15. The number of anilines is 1. The molecule has 2 heterocycles. The summed E-state index contributed by atoms with van der Waals surface area (Å²) in [6.07, 6.45) is 2.26. The molecule has 1 aromatic heterocycles. The standard InChI is InChI=1S/C16H18N4O3S/c1-11(19-7-2-3-8-19)15(21)18-16-17-14(10-24-16)12-5-4-6-13(9-12)20(22)23/h4-6,9-11H,2-3,7-8H2,1H3,(H,17,18,21). The molecule has 1 saturated heterocycles. The topological polar surface area (TPSA) is 88.4 Å². The summed E-state index contributed by atoms with van der Waals surface area (Å²) in [6.45, 7) is 3.80. The Hall–Kier alpha value is -2.32. The molecule has 1 unspecified atom stereocenters. The highest BCUT2D eigenvalue weighted by Gasteiger charge is 2.24. The molecule has 126 valence electrons. The van der Waals surface area contributed by atoms with Gasteiger partial charge in [0.1, 0.15) is 0 Å². The zero-order valence-electron chi connectivity index (χ0n) is 13.3. The number of nitro groups is 1. The first kappa shape index (κ1) is 16.5. The van der Waals surface area contributed by atoms with Crippen molar-refractivity contribution in [1.82, 2.24) is 9.88 Å².